The molecule has 0 radical (unpaired) electrons. The number of likely N-dealkylation sites (N-methyl/N-ethyl adjacent to an activating group) is 1. The Morgan fingerprint density at radius 2 is 2.08 bits per heavy atom. The molecule has 0 bridgehead atoms. The lowest BCUT2D eigenvalue weighted by Gasteiger charge is -2.32. The van der Waals surface area contributed by atoms with Crippen LogP contribution in [0.2, 0.25) is 0 Å². The summed E-state index contributed by atoms with van der Waals surface area (Å²) in [7, 11) is 1.84. The SMILES string of the molecule is Cc1ccccc1-n1nc(C)c(CN(C)C(=O)[C@H]2NCCO[C@@H]2C)c1C. The summed E-state index contributed by atoms with van der Waals surface area (Å²) in [4.78, 5) is 14.6. The minimum atomic E-state index is -0.291. The number of rotatable bonds is 4. The van der Waals surface area contributed by atoms with Gasteiger partial charge in [-0.2, -0.15) is 5.10 Å². The van der Waals surface area contributed by atoms with Crippen LogP contribution in [0.25, 0.3) is 5.69 Å². The maximum atomic E-state index is 12.8. The van der Waals surface area contributed by atoms with Gasteiger partial charge in [0, 0.05) is 31.4 Å². The first-order chi connectivity index (χ1) is 12.4. The Balaban J connectivity index is 1.82. The van der Waals surface area contributed by atoms with Crippen LogP contribution in [-0.2, 0) is 16.1 Å². The largest absolute Gasteiger partial charge is 0.375 e. The molecule has 6 heteroatoms. The highest BCUT2D eigenvalue weighted by atomic mass is 16.5. The molecule has 1 aromatic carbocycles. The van der Waals surface area contributed by atoms with Gasteiger partial charge in [-0.1, -0.05) is 18.2 Å². The number of nitrogens with zero attached hydrogens (tertiary/aromatic N) is 3. The van der Waals surface area contributed by atoms with Gasteiger partial charge in [-0.15, -0.1) is 0 Å². The fourth-order valence-electron chi connectivity index (χ4n) is 3.50. The summed E-state index contributed by atoms with van der Waals surface area (Å²) in [5.74, 6) is 0.0552. The second-order valence-electron chi connectivity index (χ2n) is 7.05. The molecule has 0 spiro atoms. The van der Waals surface area contributed by atoms with Crippen molar-refractivity contribution >= 4 is 5.91 Å². The Kier molecular flexibility index (Phi) is 5.44. The van der Waals surface area contributed by atoms with Crippen molar-refractivity contribution in [1.82, 2.24) is 20.0 Å². The van der Waals surface area contributed by atoms with E-state index in [1.165, 1.54) is 5.56 Å². The van der Waals surface area contributed by atoms with Gasteiger partial charge in [-0.3, -0.25) is 4.79 Å². The van der Waals surface area contributed by atoms with Crippen molar-refractivity contribution in [3.05, 3.63) is 46.8 Å². The van der Waals surface area contributed by atoms with Gasteiger partial charge in [-0.05, 0) is 39.3 Å². The number of aromatic nitrogens is 2. The van der Waals surface area contributed by atoms with Crippen LogP contribution in [-0.4, -0.2) is 52.9 Å². The minimum Gasteiger partial charge on any atom is -0.375 e. The summed E-state index contributed by atoms with van der Waals surface area (Å²) in [6.45, 7) is 9.97. The van der Waals surface area contributed by atoms with Gasteiger partial charge in [0.15, 0.2) is 0 Å². The smallest absolute Gasteiger partial charge is 0.242 e. The number of nitrogens with one attached hydrogen (secondary N) is 1. The first-order valence-electron chi connectivity index (χ1n) is 9.11. The molecular formula is C20H28N4O2. The number of amides is 1. The second-order valence-corrected chi connectivity index (χ2v) is 7.05. The van der Waals surface area contributed by atoms with E-state index in [1.807, 2.05) is 37.7 Å². The van der Waals surface area contributed by atoms with E-state index >= 15 is 0 Å². The Hall–Kier alpha value is -2.18. The van der Waals surface area contributed by atoms with E-state index in [0.29, 0.717) is 19.7 Å². The zero-order valence-corrected chi connectivity index (χ0v) is 16.2. The molecule has 1 aromatic heterocycles. The summed E-state index contributed by atoms with van der Waals surface area (Å²) in [6.07, 6.45) is -0.115. The van der Waals surface area contributed by atoms with Crippen LogP contribution in [0, 0.1) is 20.8 Å². The van der Waals surface area contributed by atoms with Crippen molar-refractivity contribution < 1.29 is 9.53 Å². The lowest BCUT2D eigenvalue weighted by molar-refractivity contribution is -0.138. The van der Waals surface area contributed by atoms with E-state index in [1.54, 1.807) is 4.90 Å². The Morgan fingerprint density at radius 1 is 1.35 bits per heavy atom. The van der Waals surface area contributed by atoms with Crippen LogP contribution < -0.4 is 5.32 Å². The van der Waals surface area contributed by atoms with Gasteiger partial charge >= 0.3 is 0 Å². The predicted octanol–water partition coefficient (Wildman–Crippen LogP) is 2.13. The summed E-state index contributed by atoms with van der Waals surface area (Å²) < 4.78 is 7.58. The first kappa shape index (κ1) is 18.6. The lowest BCUT2D eigenvalue weighted by Crippen LogP contribution is -2.55. The summed E-state index contributed by atoms with van der Waals surface area (Å²) in [6, 6.07) is 7.90. The minimum absolute atomic E-state index is 0.0552. The third-order valence-corrected chi connectivity index (χ3v) is 5.14. The maximum absolute atomic E-state index is 12.8. The summed E-state index contributed by atoms with van der Waals surface area (Å²) in [5.41, 5.74) is 5.35. The molecule has 0 aliphatic carbocycles. The monoisotopic (exact) mass is 356 g/mol. The Bertz CT molecular complexity index is 799. The number of carbonyl (C=O) groups excluding carboxylic acids is 1. The van der Waals surface area contributed by atoms with E-state index in [2.05, 4.69) is 31.3 Å². The van der Waals surface area contributed by atoms with Crippen LogP contribution in [0.5, 0.6) is 0 Å². The number of para-hydroxylation sites is 1. The number of morpholine rings is 1. The van der Waals surface area contributed by atoms with E-state index in [0.717, 1.165) is 22.6 Å². The molecular weight excluding hydrogens is 328 g/mol. The van der Waals surface area contributed by atoms with Crippen LogP contribution in [0.15, 0.2) is 24.3 Å². The standard InChI is InChI=1S/C20H28N4O2/c1-13-8-6-7-9-18(13)24-15(3)17(14(2)22-24)12-23(5)20(25)19-16(4)26-11-10-21-19/h6-9,16,19,21H,10-12H2,1-5H3/t16-,19+/m1/s1. The van der Waals surface area contributed by atoms with Gasteiger partial charge < -0.3 is 15.0 Å². The third-order valence-electron chi connectivity index (χ3n) is 5.14. The molecule has 1 fully saturated rings. The molecule has 1 amide bonds. The van der Waals surface area contributed by atoms with Gasteiger partial charge in [-0.25, -0.2) is 4.68 Å². The van der Waals surface area contributed by atoms with E-state index in [4.69, 9.17) is 9.84 Å². The topological polar surface area (TPSA) is 59.4 Å². The first-order valence-corrected chi connectivity index (χ1v) is 9.11. The fraction of sp³-hybridized carbons (Fsp3) is 0.500. The van der Waals surface area contributed by atoms with Crippen molar-refractivity contribution in [3.63, 3.8) is 0 Å². The average Bonchev–Trinajstić information content (AvgIpc) is 2.90. The molecule has 1 aliphatic rings. The van der Waals surface area contributed by atoms with Gasteiger partial charge in [0.1, 0.15) is 6.04 Å². The van der Waals surface area contributed by atoms with Crippen molar-refractivity contribution in [2.45, 2.75) is 46.4 Å². The van der Waals surface area contributed by atoms with Crippen molar-refractivity contribution in [2.75, 3.05) is 20.2 Å². The van der Waals surface area contributed by atoms with Crippen LogP contribution in [0.3, 0.4) is 0 Å². The Labute approximate surface area is 155 Å². The maximum Gasteiger partial charge on any atom is 0.242 e. The van der Waals surface area contributed by atoms with Crippen molar-refractivity contribution in [2.24, 2.45) is 0 Å². The highest BCUT2D eigenvalue weighted by Gasteiger charge is 2.31. The summed E-state index contributed by atoms with van der Waals surface area (Å²) in [5, 5.41) is 7.99. The molecule has 0 unspecified atom stereocenters. The van der Waals surface area contributed by atoms with E-state index in [-0.39, 0.29) is 18.1 Å². The average molecular weight is 356 g/mol. The number of ether oxygens (including phenoxy) is 1. The number of carbonyl (C=O) groups is 1. The zero-order valence-electron chi connectivity index (χ0n) is 16.2. The zero-order chi connectivity index (χ0) is 18.8. The molecule has 1 aliphatic heterocycles. The molecule has 1 N–H and O–H groups in total. The molecule has 2 aromatic rings. The van der Waals surface area contributed by atoms with Gasteiger partial charge in [0.2, 0.25) is 5.91 Å². The molecule has 2 atom stereocenters. The van der Waals surface area contributed by atoms with Crippen molar-refractivity contribution in [1.29, 1.82) is 0 Å². The van der Waals surface area contributed by atoms with E-state index in [9.17, 15) is 4.79 Å². The Morgan fingerprint density at radius 3 is 2.77 bits per heavy atom. The molecule has 6 nitrogen and oxygen atoms in total. The quantitative estimate of drug-likeness (QED) is 0.912. The number of hydrogen-bond donors (Lipinski definition) is 1. The van der Waals surface area contributed by atoms with Gasteiger partial charge in [0.25, 0.3) is 0 Å². The lowest BCUT2D eigenvalue weighted by atomic mass is 10.1. The fourth-order valence-corrected chi connectivity index (χ4v) is 3.50. The molecule has 0 saturated carbocycles. The van der Waals surface area contributed by atoms with Crippen LogP contribution >= 0.6 is 0 Å². The number of aryl methyl sites for hydroxylation is 2. The molecule has 140 valence electrons. The number of hydrogen-bond acceptors (Lipinski definition) is 4. The molecule has 2 heterocycles. The highest BCUT2D eigenvalue weighted by molar-refractivity contribution is 5.82. The normalized spacial score (nSPS) is 20.2. The third kappa shape index (κ3) is 3.52. The second kappa shape index (κ2) is 7.60. The predicted molar refractivity (Wildman–Crippen MR) is 101 cm³/mol. The van der Waals surface area contributed by atoms with Gasteiger partial charge in [0.05, 0.1) is 24.1 Å². The molecule has 3 rings (SSSR count). The molecule has 26 heavy (non-hydrogen) atoms. The van der Waals surface area contributed by atoms with E-state index < -0.39 is 0 Å². The number of benzene rings is 1. The van der Waals surface area contributed by atoms with Crippen molar-refractivity contribution in [3.8, 4) is 5.69 Å². The van der Waals surface area contributed by atoms with Crippen LogP contribution in [0.4, 0.5) is 0 Å². The van der Waals surface area contributed by atoms with Crippen LogP contribution in [0.1, 0.15) is 29.4 Å². The molecule has 1 saturated heterocycles. The summed E-state index contributed by atoms with van der Waals surface area (Å²) >= 11 is 0. The highest BCUT2D eigenvalue weighted by Crippen LogP contribution is 2.22.